The van der Waals surface area contributed by atoms with Crippen LogP contribution in [0.4, 0.5) is 0 Å². The van der Waals surface area contributed by atoms with Crippen LogP contribution in [0.5, 0.6) is 0 Å². The minimum Gasteiger partial charge on any atom is -0.226 e. The maximum absolute atomic E-state index is 2.50. The molecular formula is C22H29N2+. The van der Waals surface area contributed by atoms with Gasteiger partial charge in [0.05, 0.1) is 12.6 Å². The maximum Gasteiger partial charge on any atom is 0.290 e. The quantitative estimate of drug-likeness (QED) is 0.565. The van der Waals surface area contributed by atoms with Gasteiger partial charge in [-0.25, -0.2) is 9.13 Å². The first-order chi connectivity index (χ1) is 11.2. The Bertz CT molecular complexity index is 892. The molecule has 1 aromatic heterocycles. The van der Waals surface area contributed by atoms with Crippen molar-refractivity contribution in [1.82, 2.24) is 4.57 Å². The molecular weight excluding hydrogens is 292 g/mol. The molecule has 0 bridgehead atoms. The monoisotopic (exact) mass is 321 g/mol. The van der Waals surface area contributed by atoms with E-state index in [2.05, 4.69) is 100 Å². The fraction of sp³-hybridized carbons (Fsp3) is 0.409. The van der Waals surface area contributed by atoms with Crippen molar-refractivity contribution in [3.8, 4) is 11.4 Å². The van der Waals surface area contributed by atoms with Crippen LogP contribution in [-0.2, 0) is 12.6 Å². The Balaban J connectivity index is 2.45. The van der Waals surface area contributed by atoms with Crippen molar-refractivity contribution in [3.63, 3.8) is 0 Å². The van der Waals surface area contributed by atoms with Crippen molar-refractivity contribution >= 4 is 11.0 Å². The molecule has 0 aliphatic carbocycles. The number of nitrogens with zero attached hydrogens (tertiary/aromatic N) is 2. The molecule has 0 saturated heterocycles. The van der Waals surface area contributed by atoms with Gasteiger partial charge in [-0.1, -0.05) is 38.1 Å². The van der Waals surface area contributed by atoms with Crippen molar-refractivity contribution in [2.24, 2.45) is 7.05 Å². The van der Waals surface area contributed by atoms with Gasteiger partial charge >= 0.3 is 0 Å². The van der Waals surface area contributed by atoms with E-state index in [1.807, 2.05) is 0 Å². The van der Waals surface area contributed by atoms with Gasteiger partial charge in [0.1, 0.15) is 5.54 Å². The molecule has 0 amide bonds. The molecule has 0 saturated carbocycles. The van der Waals surface area contributed by atoms with E-state index in [9.17, 15) is 0 Å². The maximum atomic E-state index is 2.50. The minimum atomic E-state index is 0.00667. The van der Waals surface area contributed by atoms with Crippen LogP contribution >= 0.6 is 0 Å². The number of hydrogen-bond acceptors (Lipinski definition) is 0. The molecule has 1 heterocycles. The van der Waals surface area contributed by atoms with Gasteiger partial charge < -0.3 is 0 Å². The van der Waals surface area contributed by atoms with Gasteiger partial charge in [0, 0.05) is 0 Å². The van der Waals surface area contributed by atoms with Gasteiger partial charge in [0.15, 0.2) is 11.0 Å². The normalized spacial score (nSPS) is 12.3. The van der Waals surface area contributed by atoms with Crippen molar-refractivity contribution in [1.29, 1.82) is 0 Å². The first-order valence-corrected chi connectivity index (χ1v) is 8.82. The standard InChI is InChI=1S/C22H29N2/c1-15(2)17-12-13-19-20(14-17)24(22(4,5)6)21(23(19)7)18-11-9-8-10-16(18)3/h8-15H,1-7H3/q+1. The van der Waals surface area contributed by atoms with Gasteiger partial charge in [-0.3, -0.25) is 0 Å². The van der Waals surface area contributed by atoms with E-state index >= 15 is 0 Å². The SMILES string of the molecule is Cc1ccccc1-c1n(C(C)(C)C)c2cc(C(C)C)ccc2[n+]1C. The Morgan fingerprint density at radius 2 is 1.67 bits per heavy atom. The summed E-state index contributed by atoms with van der Waals surface area (Å²) < 4.78 is 4.84. The van der Waals surface area contributed by atoms with Crippen molar-refractivity contribution in [3.05, 3.63) is 53.6 Å². The van der Waals surface area contributed by atoms with Crippen LogP contribution < -0.4 is 4.57 Å². The first-order valence-electron chi connectivity index (χ1n) is 8.82. The Morgan fingerprint density at radius 1 is 1.00 bits per heavy atom. The fourth-order valence-electron chi connectivity index (χ4n) is 3.54. The number of aromatic nitrogens is 2. The third-order valence-electron chi connectivity index (χ3n) is 4.85. The molecule has 3 aromatic rings. The van der Waals surface area contributed by atoms with Gasteiger partial charge in [-0.2, -0.15) is 0 Å². The summed E-state index contributed by atoms with van der Waals surface area (Å²) in [6, 6.07) is 15.6. The second-order valence-corrected chi connectivity index (χ2v) is 8.11. The highest BCUT2D eigenvalue weighted by Gasteiger charge is 2.32. The van der Waals surface area contributed by atoms with Crippen LogP contribution in [0.15, 0.2) is 42.5 Å². The van der Waals surface area contributed by atoms with Crippen molar-refractivity contribution in [2.75, 3.05) is 0 Å². The average molecular weight is 321 g/mol. The number of imidazole rings is 1. The number of rotatable bonds is 2. The summed E-state index contributed by atoms with van der Waals surface area (Å²) in [5.41, 5.74) is 6.61. The molecule has 3 rings (SSSR count). The van der Waals surface area contributed by atoms with Gasteiger partial charge in [0.2, 0.25) is 0 Å². The number of hydrogen-bond donors (Lipinski definition) is 0. The largest absolute Gasteiger partial charge is 0.290 e. The minimum absolute atomic E-state index is 0.00667. The molecule has 0 spiro atoms. The smallest absolute Gasteiger partial charge is 0.226 e. The highest BCUT2D eigenvalue weighted by Crippen LogP contribution is 2.32. The van der Waals surface area contributed by atoms with Gasteiger partial charge in [-0.05, 0) is 62.9 Å². The van der Waals surface area contributed by atoms with E-state index < -0.39 is 0 Å². The summed E-state index contributed by atoms with van der Waals surface area (Å²) in [5.74, 6) is 1.81. The molecule has 0 radical (unpaired) electrons. The Morgan fingerprint density at radius 3 is 2.25 bits per heavy atom. The lowest BCUT2D eigenvalue weighted by atomic mass is 10.0. The predicted molar refractivity (Wildman–Crippen MR) is 102 cm³/mol. The molecule has 2 nitrogen and oxygen atoms in total. The Hall–Kier alpha value is -2.09. The van der Waals surface area contributed by atoms with Crippen LogP contribution in [0.3, 0.4) is 0 Å². The van der Waals surface area contributed by atoms with E-state index in [1.165, 1.54) is 33.5 Å². The summed E-state index contributed by atoms with van der Waals surface area (Å²) in [7, 11) is 2.18. The van der Waals surface area contributed by atoms with Gasteiger partial charge in [0.25, 0.3) is 5.82 Å². The third-order valence-corrected chi connectivity index (χ3v) is 4.85. The van der Waals surface area contributed by atoms with Crippen molar-refractivity contribution < 1.29 is 4.57 Å². The van der Waals surface area contributed by atoms with Gasteiger partial charge in [-0.15, -0.1) is 0 Å². The topological polar surface area (TPSA) is 8.81 Å². The zero-order chi connectivity index (χ0) is 17.6. The zero-order valence-electron chi connectivity index (χ0n) is 16.0. The number of aryl methyl sites for hydroxylation is 2. The molecule has 0 unspecified atom stereocenters. The summed E-state index contributed by atoms with van der Waals surface area (Å²) in [5, 5.41) is 0. The van der Waals surface area contributed by atoms with Crippen molar-refractivity contribution in [2.45, 2.75) is 53.0 Å². The van der Waals surface area contributed by atoms with Crippen LogP contribution in [0.2, 0.25) is 0 Å². The van der Waals surface area contributed by atoms with Crippen LogP contribution in [-0.4, -0.2) is 4.57 Å². The molecule has 0 atom stereocenters. The highest BCUT2D eigenvalue weighted by molar-refractivity contribution is 5.78. The Labute approximate surface area is 145 Å². The first kappa shape index (κ1) is 16.8. The summed E-state index contributed by atoms with van der Waals surface area (Å²) in [6.07, 6.45) is 0. The zero-order valence-corrected chi connectivity index (χ0v) is 16.0. The average Bonchev–Trinajstić information content (AvgIpc) is 2.80. The van der Waals surface area contributed by atoms with E-state index in [1.54, 1.807) is 0 Å². The molecule has 0 N–H and O–H groups in total. The molecule has 24 heavy (non-hydrogen) atoms. The van der Waals surface area contributed by atoms with E-state index in [4.69, 9.17) is 0 Å². The van der Waals surface area contributed by atoms with E-state index in [0.29, 0.717) is 5.92 Å². The Kier molecular flexibility index (Phi) is 4.03. The highest BCUT2D eigenvalue weighted by atomic mass is 15.2. The summed E-state index contributed by atoms with van der Waals surface area (Å²) in [6.45, 7) is 13.6. The second-order valence-electron chi connectivity index (χ2n) is 8.11. The van der Waals surface area contributed by atoms with Crippen LogP contribution in [0.25, 0.3) is 22.4 Å². The molecule has 0 fully saturated rings. The third kappa shape index (κ3) is 2.64. The predicted octanol–water partition coefficient (Wildman–Crippen LogP) is 5.32. The molecule has 2 aromatic carbocycles. The molecule has 0 aliphatic heterocycles. The lowest BCUT2D eigenvalue weighted by Crippen LogP contribution is -2.33. The van der Waals surface area contributed by atoms with E-state index in [0.717, 1.165) is 0 Å². The van der Waals surface area contributed by atoms with E-state index in [-0.39, 0.29) is 5.54 Å². The molecule has 2 heteroatoms. The van der Waals surface area contributed by atoms with Crippen LogP contribution in [0, 0.1) is 6.92 Å². The fourth-order valence-corrected chi connectivity index (χ4v) is 3.54. The summed E-state index contributed by atoms with van der Waals surface area (Å²) >= 11 is 0. The number of fused-ring (bicyclic) bond motifs is 1. The second kappa shape index (κ2) is 5.77. The molecule has 126 valence electrons. The summed E-state index contributed by atoms with van der Waals surface area (Å²) in [4.78, 5) is 0. The lowest BCUT2D eigenvalue weighted by molar-refractivity contribution is -0.634. The van der Waals surface area contributed by atoms with Crippen LogP contribution in [0.1, 0.15) is 51.7 Å². The number of benzene rings is 2. The lowest BCUT2D eigenvalue weighted by Gasteiger charge is -2.19. The molecule has 0 aliphatic rings.